The molecule has 0 atom stereocenters. The highest BCUT2D eigenvalue weighted by Gasteiger charge is 2.06. The summed E-state index contributed by atoms with van der Waals surface area (Å²) in [5.41, 5.74) is 2.82. The number of aromatic nitrogens is 2. The Balaban J connectivity index is 1.61. The zero-order valence-corrected chi connectivity index (χ0v) is 16.5. The second-order valence-corrected chi connectivity index (χ2v) is 8.29. The smallest absolute Gasteiger partial charge is 0.221 e. The van der Waals surface area contributed by atoms with Crippen LogP contribution in [0.15, 0.2) is 57.3 Å². The predicted molar refractivity (Wildman–Crippen MR) is 108 cm³/mol. The average Bonchev–Trinajstić information content (AvgIpc) is 3.00. The van der Waals surface area contributed by atoms with Gasteiger partial charge in [-0.3, -0.25) is 4.79 Å². The van der Waals surface area contributed by atoms with Crippen LogP contribution < -0.4 is 10.6 Å². The van der Waals surface area contributed by atoms with Crippen LogP contribution in [0.2, 0.25) is 0 Å². The second-order valence-electron chi connectivity index (χ2n) is 5.18. The van der Waals surface area contributed by atoms with Crippen molar-refractivity contribution >= 4 is 61.4 Å². The number of benzene rings is 2. The van der Waals surface area contributed by atoms with Crippen molar-refractivity contribution in [1.29, 1.82) is 0 Å². The third kappa shape index (κ3) is 5.55. The van der Waals surface area contributed by atoms with Crippen LogP contribution in [-0.4, -0.2) is 16.1 Å². The zero-order chi connectivity index (χ0) is 17.6. The normalized spacial score (nSPS) is 10.5. The van der Waals surface area contributed by atoms with E-state index in [4.69, 9.17) is 0 Å². The third-order valence-electron chi connectivity index (χ3n) is 3.09. The molecule has 0 saturated carbocycles. The number of carbonyl (C=O) groups is 1. The third-order valence-corrected chi connectivity index (χ3v) is 5.63. The first-order valence-electron chi connectivity index (χ1n) is 7.44. The number of rotatable bonds is 6. The zero-order valence-electron chi connectivity index (χ0n) is 13.3. The van der Waals surface area contributed by atoms with Crippen molar-refractivity contribution in [2.24, 2.45) is 0 Å². The minimum absolute atomic E-state index is 0.0979. The monoisotopic (exact) mass is 434 g/mol. The summed E-state index contributed by atoms with van der Waals surface area (Å²) in [6.07, 6.45) is 0. The molecule has 3 aromatic rings. The minimum Gasteiger partial charge on any atom is -0.330 e. The molecule has 0 aliphatic carbocycles. The Bertz CT molecular complexity index is 884. The Hall–Kier alpha value is -1.90. The molecule has 8 heteroatoms. The van der Waals surface area contributed by atoms with E-state index < -0.39 is 0 Å². The molecule has 3 rings (SSSR count). The van der Waals surface area contributed by atoms with Crippen molar-refractivity contribution in [1.82, 2.24) is 10.2 Å². The van der Waals surface area contributed by atoms with E-state index in [9.17, 15) is 4.79 Å². The van der Waals surface area contributed by atoms with Crippen molar-refractivity contribution < 1.29 is 4.79 Å². The SMILES string of the molecule is CC(=O)Nc1cccc(Nc2nnc(SCc3cccc(Br)c3)s2)c1. The Morgan fingerprint density at radius 2 is 1.96 bits per heavy atom. The lowest BCUT2D eigenvalue weighted by atomic mass is 10.2. The molecule has 0 fully saturated rings. The lowest BCUT2D eigenvalue weighted by molar-refractivity contribution is -0.114. The van der Waals surface area contributed by atoms with Gasteiger partial charge in [0.25, 0.3) is 0 Å². The molecule has 128 valence electrons. The summed E-state index contributed by atoms with van der Waals surface area (Å²) in [4.78, 5) is 11.1. The molecule has 0 aliphatic heterocycles. The van der Waals surface area contributed by atoms with Gasteiger partial charge in [-0.1, -0.05) is 57.2 Å². The van der Waals surface area contributed by atoms with Crippen LogP contribution in [-0.2, 0) is 10.5 Å². The molecule has 1 heterocycles. The Morgan fingerprint density at radius 3 is 2.76 bits per heavy atom. The number of hydrogen-bond donors (Lipinski definition) is 2. The second kappa shape index (κ2) is 8.46. The summed E-state index contributed by atoms with van der Waals surface area (Å²) in [5.74, 6) is 0.742. The molecule has 1 aromatic heterocycles. The molecule has 0 bridgehead atoms. The molecule has 0 saturated heterocycles. The van der Waals surface area contributed by atoms with E-state index in [-0.39, 0.29) is 5.91 Å². The van der Waals surface area contributed by atoms with Gasteiger partial charge in [-0.15, -0.1) is 10.2 Å². The van der Waals surface area contributed by atoms with Gasteiger partial charge in [-0.05, 0) is 35.9 Å². The molecular weight excluding hydrogens is 420 g/mol. The van der Waals surface area contributed by atoms with Crippen LogP contribution in [0, 0.1) is 0 Å². The predicted octanol–water partition coefficient (Wildman–Crippen LogP) is 5.29. The number of thioether (sulfide) groups is 1. The van der Waals surface area contributed by atoms with E-state index >= 15 is 0 Å². The van der Waals surface area contributed by atoms with Crippen molar-refractivity contribution in [2.45, 2.75) is 17.0 Å². The maximum absolute atomic E-state index is 11.1. The molecule has 0 spiro atoms. The van der Waals surface area contributed by atoms with Crippen LogP contribution >= 0.6 is 39.0 Å². The standard InChI is InChI=1S/C17H15BrN4OS2/c1-11(23)19-14-6-3-7-15(9-14)20-16-21-22-17(25-16)24-10-12-4-2-5-13(18)8-12/h2-9H,10H2,1H3,(H,19,23)(H,20,21). The van der Waals surface area contributed by atoms with Crippen LogP contribution in [0.1, 0.15) is 12.5 Å². The number of nitrogens with one attached hydrogen (secondary N) is 2. The molecule has 1 amide bonds. The minimum atomic E-state index is -0.0979. The molecule has 0 radical (unpaired) electrons. The van der Waals surface area contributed by atoms with Crippen LogP contribution in [0.3, 0.4) is 0 Å². The fourth-order valence-corrected chi connectivity index (χ4v) is 4.25. The number of anilines is 3. The van der Waals surface area contributed by atoms with E-state index in [2.05, 4.69) is 48.9 Å². The van der Waals surface area contributed by atoms with Crippen LogP contribution in [0.5, 0.6) is 0 Å². The summed E-state index contributed by atoms with van der Waals surface area (Å²) in [6.45, 7) is 1.49. The Kier molecular flexibility index (Phi) is 6.06. The van der Waals surface area contributed by atoms with Gasteiger partial charge in [0.05, 0.1) is 0 Å². The first-order valence-corrected chi connectivity index (χ1v) is 10.0. The molecule has 2 aromatic carbocycles. The lowest BCUT2D eigenvalue weighted by Crippen LogP contribution is -2.05. The largest absolute Gasteiger partial charge is 0.330 e. The highest BCUT2D eigenvalue weighted by Crippen LogP contribution is 2.30. The number of carbonyl (C=O) groups excluding carboxylic acids is 1. The number of nitrogens with zero attached hydrogens (tertiary/aromatic N) is 2. The maximum Gasteiger partial charge on any atom is 0.221 e. The van der Waals surface area contributed by atoms with Crippen molar-refractivity contribution in [3.63, 3.8) is 0 Å². The average molecular weight is 435 g/mol. The van der Waals surface area contributed by atoms with E-state index in [1.165, 1.54) is 23.8 Å². The topological polar surface area (TPSA) is 66.9 Å². The van der Waals surface area contributed by atoms with Gasteiger partial charge in [0.2, 0.25) is 11.0 Å². The summed E-state index contributed by atoms with van der Waals surface area (Å²) in [7, 11) is 0. The highest BCUT2D eigenvalue weighted by atomic mass is 79.9. The molecule has 2 N–H and O–H groups in total. The first kappa shape index (κ1) is 17.9. The van der Waals surface area contributed by atoms with Crippen molar-refractivity contribution in [3.05, 3.63) is 58.6 Å². The quantitative estimate of drug-likeness (QED) is 0.515. The number of halogens is 1. The summed E-state index contributed by atoms with van der Waals surface area (Å²) < 4.78 is 1.98. The molecule has 0 aliphatic rings. The Labute approximate surface area is 162 Å². The summed E-state index contributed by atoms with van der Waals surface area (Å²) in [6, 6.07) is 15.7. The summed E-state index contributed by atoms with van der Waals surface area (Å²) in [5, 5.41) is 15.1. The molecule has 5 nitrogen and oxygen atoms in total. The van der Waals surface area contributed by atoms with Crippen LogP contribution in [0.4, 0.5) is 16.5 Å². The van der Waals surface area contributed by atoms with Gasteiger partial charge in [0.15, 0.2) is 4.34 Å². The molecule has 25 heavy (non-hydrogen) atoms. The van der Waals surface area contributed by atoms with Gasteiger partial charge in [-0.25, -0.2) is 0 Å². The van der Waals surface area contributed by atoms with E-state index in [0.717, 1.165) is 31.1 Å². The molecule has 0 unspecified atom stereocenters. The van der Waals surface area contributed by atoms with Gasteiger partial charge in [0.1, 0.15) is 0 Å². The number of hydrogen-bond acceptors (Lipinski definition) is 6. The first-order chi connectivity index (χ1) is 12.1. The van der Waals surface area contributed by atoms with Gasteiger partial charge in [-0.2, -0.15) is 0 Å². The summed E-state index contributed by atoms with van der Waals surface area (Å²) >= 11 is 6.63. The fourth-order valence-electron chi connectivity index (χ4n) is 2.09. The van der Waals surface area contributed by atoms with E-state index in [1.807, 2.05) is 36.4 Å². The van der Waals surface area contributed by atoms with E-state index in [1.54, 1.807) is 11.8 Å². The fraction of sp³-hybridized carbons (Fsp3) is 0.118. The molecular formula is C17H15BrN4OS2. The number of amides is 1. The van der Waals surface area contributed by atoms with Gasteiger partial charge < -0.3 is 10.6 Å². The van der Waals surface area contributed by atoms with Crippen molar-refractivity contribution in [2.75, 3.05) is 10.6 Å². The van der Waals surface area contributed by atoms with Crippen LogP contribution in [0.25, 0.3) is 0 Å². The maximum atomic E-state index is 11.1. The van der Waals surface area contributed by atoms with Gasteiger partial charge >= 0.3 is 0 Å². The highest BCUT2D eigenvalue weighted by molar-refractivity contribution is 9.10. The van der Waals surface area contributed by atoms with Gasteiger partial charge in [0, 0.05) is 28.5 Å². The lowest BCUT2D eigenvalue weighted by Gasteiger charge is -2.05. The van der Waals surface area contributed by atoms with Crippen molar-refractivity contribution in [3.8, 4) is 0 Å². The Morgan fingerprint density at radius 1 is 1.16 bits per heavy atom. The van der Waals surface area contributed by atoms with E-state index in [0.29, 0.717) is 0 Å².